The monoisotopic (exact) mass is 274 g/mol. The number of hydrogen-bond donors (Lipinski definition) is 2. The van der Waals surface area contributed by atoms with E-state index >= 15 is 0 Å². The number of aryl methyl sites for hydroxylation is 2. The molecule has 2 rings (SSSR count). The minimum atomic E-state index is -3.13. The molecule has 0 amide bonds. The summed E-state index contributed by atoms with van der Waals surface area (Å²) in [5, 5.41) is 16.7. The minimum Gasteiger partial charge on any atom is -0.390 e. The van der Waals surface area contributed by atoms with E-state index in [4.69, 9.17) is 4.52 Å². The number of aromatic nitrogens is 1. The molecule has 3 atom stereocenters. The first-order valence-corrected chi connectivity index (χ1v) is 7.69. The number of hydrogen-bond acceptors (Lipinski definition) is 6. The summed E-state index contributed by atoms with van der Waals surface area (Å²) >= 11 is 0. The van der Waals surface area contributed by atoms with Crippen LogP contribution in [-0.4, -0.2) is 42.3 Å². The highest BCUT2D eigenvalue weighted by Gasteiger charge is 2.37. The van der Waals surface area contributed by atoms with Crippen molar-refractivity contribution < 1.29 is 18.0 Å². The van der Waals surface area contributed by atoms with Crippen LogP contribution in [0.4, 0.5) is 0 Å². The molecule has 3 unspecified atom stereocenters. The fourth-order valence-electron chi connectivity index (χ4n) is 2.50. The van der Waals surface area contributed by atoms with Gasteiger partial charge in [0.15, 0.2) is 9.84 Å². The number of rotatable bonds is 3. The first-order chi connectivity index (χ1) is 8.30. The molecule has 1 aromatic heterocycles. The first kappa shape index (κ1) is 13.5. The Morgan fingerprint density at radius 3 is 2.56 bits per heavy atom. The smallest absolute Gasteiger partial charge is 0.154 e. The van der Waals surface area contributed by atoms with Crippen molar-refractivity contribution in [2.75, 3.05) is 11.5 Å². The Labute approximate surface area is 106 Å². The van der Waals surface area contributed by atoms with E-state index in [2.05, 4.69) is 10.5 Å². The topological polar surface area (TPSA) is 92.4 Å². The number of sulfone groups is 1. The number of aliphatic hydroxyl groups is 1. The van der Waals surface area contributed by atoms with Crippen LogP contribution < -0.4 is 5.32 Å². The molecule has 6 nitrogen and oxygen atoms in total. The van der Waals surface area contributed by atoms with Crippen molar-refractivity contribution in [2.24, 2.45) is 0 Å². The average molecular weight is 274 g/mol. The second kappa shape index (κ2) is 4.64. The molecule has 1 saturated heterocycles. The van der Waals surface area contributed by atoms with E-state index in [1.165, 1.54) is 0 Å². The van der Waals surface area contributed by atoms with Gasteiger partial charge in [-0.25, -0.2) is 8.42 Å². The fourth-order valence-corrected chi connectivity index (χ4v) is 4.26. The van der Waals surface area contributed by atoms with Crippen molar-refractivity contribution in [3.63, 3.8) is 0 Å². The SMILES string of the molecule is Cc1noc(C)c1C(C)NC1CS(=O)(=O)CC1O. The molecule has 1 aliphatic heterocycles. The quantitative estimate of drug-likeness (QED) is 0.812. The van der Waals surface area contributed by atoms with Crippen molar-refractivity contribution in [2.45, 2.75) is 39.0 Å². The van der Waals surface area contributed by atoms with E-state index in [1.54, 1.807) is 0 Å². The van der Waals surface area contributed by atoms with Crippen molar-refractivity contribution in [1.29, 1.82) is 0 Å². The summed E-state index contributed by atoms with van der Waals surface area (Å²) in [5.74, 6) is 0.517. The van der Waals surface area contributed by atoms with Crippen molar-refractivity contribution in [3.8, 4) is 0 Å². The van der Waals surface area contributed by atoms with Crippen LogP contribution in [0.2, 0.25) is 0 Å². The highest BCUT2D eigenvalue weighted by Crippen LogP contribution is 2.23. The van der Waals surface area contributed by atoms with Gasteiger partial charge in [0.1, 0.15) is 5.76 Å². The van der Waals surface area contributed by atoms with Gasteiger partial charge in [-0.1, -0.05) is 5.16 Å². The third-order valence-electron chi connectivity index (χ3n) is 3.31. The molecule has 0 spiro atoms. The molecule has 102 valence electrons. The molecular weight excluding hydrogens is 256 g/mol. The summed E-state index contributed by atoms with van der Waals surface area (Å²) in [5.41, 5.74) is 1.70. The Balaban J connectivity index is 2.11. The predicted molar refractivity (Wildman–Crippen MR) is 66.0 cm³/mol. The maximum absolute atomic E-state index is 11.4. The second-order valence-corrected chi connectivity index (χ2v) is 7.03. The summed E-state index contributed by atoms with van der Waals surface area (Å²) in [6.45, 7) is 5.56. The zero-order chi connectivity index (χ0) is 13.5. The second-order valence-electron chi connectivity index (χ2n) is 4.88. The zero-order valence-corrected chi connectivity index (χ0v) is 11.5. The van der Waals surface area contributed by atoms with Crippen LogP contribution in [0.1, 0.15) is 30.0 Å². The molecule has 1 aromatic rings. The van der Waals surface area contributed by atoms with Gasteiger partial charge in [0.05, 0.1) is 23.3 Å². The van der Waals surface area contributed by atoms with Gasteiger partial charge in [-0.2, -0.15) is 0 Å². The third-order valence-corrected chi connectivity index (χ3v) is 5.02. The fraction of sp³-hybridized carbons (Fsp3) is 0.727. The zero-order valence-electron chi connectivity index (χ0n) is 10.7. The molecule has 7 heteroatoms. The van der Waals surface area contributed by atoms with Gasteiger partial charge in [-0.3, -0.25) is 0 Å². The van der Waals surface area contributed by atoms with Gasteiger partial charge in [0, 0.05) is 17.6 Å². The lowest BCUT2D eigenvalue weighted by molar-refractivity contribution is 0.160. The van der Waals surface area contributed by atoms with E-state index in [0.29, 0.717) is 5.76 Å². The van der Waals surface area contributed by atoms with E-state index in [-0.39, 0.29) is 17.5 Å². The number of nitrogens with zero attached hydrogens (tertiary/aromatic N) is 1. The Morgan fingerprint density at radius 2 is 2.11 bits per heavy atom. The van der Waals surface area contributed by atoms with Crippen molar-refractivity contribution in [1.82, 2.24) is 10.5 Å². The van der Waals surface area contributed by atoms with Crippen molar-refractivity contribution in [3.05, 3.63) is 17.0 Å². The summed E-state index contributed by atoms with van der Waals surface area (Å²) in [6.07, 6.45) is -0.849. The molecule has 0 bridgehead atoms. The van der Waals surface area contributed by atoms with Gasteiger partial charge in [0.25, 0.3) is 0 Å². The van der Waals surface area contributed by atoms with E-state index in [1.807, 2.05) is 20.8 Å². The normalized spacial score (nSPS) is 28.4. The van der Waals surface area contributed by atoms with Crippen LogP contribution in [0.3, 0.4) is 0 Å². The van der Waals surface area contributed by atoms with Gasteiger partial charge >= 0.3 is 0 Å². The van der Waals surface area contributed by atoms with Gasteiger partial charge in [0.2, 0.25) is 0 Å². The molecule has 18 heavy (non-hydrogen) atoms. The molecule has 1 fully saturated rings. The number of aliphatic hydroxyl groups excluding tert-OH is 1. The molecule has 0 aliphatic carbocycles. The summed E-state index contributed by atoms with van der Waals surface area (Å²) in [4.78, 5) is 0. The summed E-state index contributed by atoms with van der Waals surface area (Å²) in [6, 6.07) is -0.539. The van der Waals surface area contributed by atoms with Crippen LogP contribution in [0.5, 0.6) is 0 Å². The maximum Gasteiger partial charge on any atom is 0.154 e. The third kappa shape index (κ3) is 2.57. The highest BCUT2D eigenvalue weighted by atomic mass is 32.2. The molecule has 1 aliphatic rings. The summed E-state index contributed by atoms with van der Waals surface area (Å²) in [7, 11) is -3.13. The lowest BCUT2D eigenvalue weighted by Crippen LogP contribution is -2.40. The van der Waals surface area contributed by atoms with Gasteiger partial charge < -0.3 is 14.9 Å². The van der Waals surface area contributed by atoms with Crippen molar-refractivity contribution >= 4 is 9.84 Å². The minimum absolute atomic E-state index is 0.0259. The van der Waals surface area contributed by atoms with Gasteiger partial charge in [-0.15, -0.1) is 0 Å². The lowest BCUT2D eigenvalue weighted by atomic mass is 10.1. The Kier molecular flexibility index (Phi) is 3.48. The molecule has 2 N–H and O–H groups in total. The lowest BCUT2D eigenvalue weighted by Gasteiger charge is -2.20. The van der Waals surface area contributed by atoms with Crippen LogP contribution >= 0.6 is 0 Å². The first-order valence-electron chi connectivity index (χ1n) is 5.87. The standard InChI is InChI=1S/C11H18N2O4S/c1-6(11-7(2)13-17-8(11)3)12-9-4-18(15,16)5-10(9)14/h6,9-10,12,14H,4-5H2,1-3H3. The molecule has 2 heterocycles. The largest absolute Gasteiger partial charge is 0.390 e. The van der Waals surface area contributed by atoms with E-state index < -0.39 is 22.0 Å². The molecule has 0 saturated carbocycles. The van der Waals surface area contributed by atoms with Crippen LogP contribution in [0, 0.1) is 13.8 Å². The number of nitrogens with one attached hydrogen (secondary N) is 1. The van der Waals surface area contributed by atoms with Crippen LogP contribution in [0.15, 0.2) is 4.52 Å². The Bertz CT molecular complexity index is 518. The molecular formula is C11H18N2O4S. The van der Waals surface area contributed by atoms with Gasteiger partial charge in [-0.05, 0) is 20.8 Å². The average Bonchev–Trinajstić information content (AvgIpc) is 2.67. The molecule has 0 aromatic carbocycles. The van der Waals surface area contributed by atoms with Crippen LogP contribution in [-0.2, 0) is 9.84 Å². The summed E-state index contributed by atoms with van der Waals surface area (Å²) < 4.78 is 27.9. The molecule has 0 radical (unpaired) electrons. The Hall–Kier alpha value is -0.920. The predicted octanol–water partition coefficient (Wildman–Crippen LogP) is 0.0999. The van der Waals surface area contributed by atoms with E-state index in [0.717, 1.165) is 11.3 Å². The van der Waals surface area contributed by atoms with E-state index in [9.17, 15) is 13.5 Å². The van der Waals surface area contributed by atoms with Crippen LogP contribution in [0.25, 0.3) is 0 Å². The Morgan fingerprint density at radius 1 is 1.44 bits per heavy atom. The highest BCUT2D eigenvalue weighted by molar-refractivity contribution is 7.91. The maximum atomic E-state index is 11.4.